The maximum Gasteiger partial charge on any atom is 0.300 e. The number of aliphatic hydroxyl groups is 1. The monoisotopic (exact) mass is 203 g/mol. The first-order chi connectivity index (χ1) is 6.49. The van der Waals surface area contributed by atoms with E-state index in [2.05, 4.69) is 0 Å². The summed E-state index contributed by atoms with van der Waals surface area (Å²) < 4.78 is 0. The molecule has 5 heteroatoms. The molecule has 1 aliphatic rings. The summed E-state index contributed by atoms with van der Waals surface area (Å²) in [6.45, 7) is 3.56. The molecule has 1 amide bonds. The van der Waals surface area contributed by atoms with Gasteiger partial charge < -0.3 is 15.1 Å². The molecule has 2 N–H and O–H groups in total. The molecule has 0 aliphatic carbocycles. The number of carboxylic acids is 1. The van der Waals surface area contributed by atoms with E-state index in [9.17, 15) is 4.79 Å². The van der Waals surface area contributed by atoms with Crippen molar-refractivity contribution in [2.45, 2.75) is 32.7 Å². The van der Waals surface area contributed by atoms with Crippen LogP contribution in [0.15, 0.2) is 0 Å². The fourth-order valence-electron chi connectivity index (χ4n) is 1.44. The Hall–Kier alpha value is -1.10. The molecule has 0 aromatic carbocycles. The number of hydrogen-bond donors (Lipinski definition) is 2. The summed E-state index contributed by atoms with van der Waals surface area (Å²) in [7, 11) is 0. The van der Waals surface area contributed by atoms with E-state index in [0.29, 0.717) is 0 Å². The Morgan fingerprint density at radius 1 is 1.43 bits per heavy atom. The molecule has 5 nitrogen and oxygen atoms in total. The molecule has 1 fully saturated rings. The van der Waals surface area contributed by atoms with Crippen LogP contribution in [0.25, 0.3) is 0 Å². The second kappa shape index (κ2) is 6.37. The minimum Gasteiger partial charge on any atom is -0.481 e. The number of nitrogens with zero attached hydrogens (tertiary/aromatic N) is 1. The predicted molar refractivity (Wildman–Crippen MR) is 50.8 cm³/mol. The van der Waals surface area contributed by atoms with Gasteiger partial charge in [0.2, 0.25) is 5.91 Å². The first-order valence-corrected chi connectivity index (χ1v) is 4.56. The SMILES string of the molecule is CC(=O)N1CCC[C@@H]1CO.CC(=O)O. The molecular weight excluding hydrogens is 186 g/mol. The lowest BCUT2D eigenvalue weighted by molar-refractivity contribution is -0.134. The van der Waals surface area contributed by atoms with Crippen molar-refractivity contribution in [3.63, 3.8) is 0 Å². The lowest BCUT2D eigenvalue weighted by Crippen LogP contribution is -2.35. The van der Waals surface area contributed by atoms with Crippen molar-refractivity contribution in [2.75, 3.05) is 13.2 Å². The highest BCUT2D eigenvalue weighted by Crippen LogP contribution is 2.15. The van der Waals surface area contributed by atoms with Crippen molar-refractivity contribution < 1.29 is 19.8 Å². The molecule has 1 saturated heterocycles. The highest BCUT2D eigenvalue weighted by Gasteiger charge is 2.24. The van der Waals surface area contributed by atoms with Gasteiger partial charge in [-0.15, -0.1) is 0 Å². The highest BCUT2D eigenvalue weighted by atomic mass is 16.4. The molecule has 0 bridgehead atoms. The molecule has 1 atom stereocenters. The van der Waals surface area contributed by atoms with Gasteiger partial charge in [0.25, 0.3) is 5.97 Å². The summed E-state index contributed by atoms with van der Waals surface area (Å²) in [6.07, 6.45) is 1.99. The lowest BCUT2D eigenvalue weighted by atomic mass is 10.2. The van der Waals surface area contributed by atoms with E-state index < -0.39 is 5.97 Å². The van der Waals surface area contributed by atoms with E-state index in [1.54, 1.807) is 11.8 Å². The number of hydrogen-bond acceptors (Lipinski definition) is 3. The number of rotatable bonds is 1. The zero-order valence-electron chi connectivity index (χ0n) is 8.56. The van der Waals surface area contributed by atoms with Gasteiger partial charge in [0.15, 0.2) is 0 Å². The third-order valence-corrected chi connectivity index (χ3v) is 1.99. The molecule has 0 spiro atoms. The van der Waals surface area contributed by atoms with Crippen LogP contribution in [-0.2, 0) is 9.59 Å². The van der Waals surface area contributed by atoms with Gasteiger partial charge in [0.1, 0.15) is 0 Å². The molecule has 1 aliphatic heterocycles. The van der Waals surface area contributed by atoms with E-state index in [1.165, 1.54) is 0 Å². The number of likely N-dealkylation sites (tertiary alicyclic amines) is 1. The Kier molecular flexibility index (Phi) is 5.87. The van der Waals surface area contributed by atoms with Gasteiger partial charge >= 0.3 is 0 Å². The van der Waals surface area contributed by atoms with Crippen molar-refractivity contribution >= 4 is 11.9 Å². The zero-order chi connectivity index (χ0) is 11.1. The molecule has 0 aromatic heterocycles. The summed E-state index contributed by atoms with van der Waals surface area (Å²) >= 11 is 0. The Morgan fingerprint density at radius 2 is 1.93 bits per heavy atom. The second-order valence-corrected chi connectivity index (χ2v) is 3.21. The normalized spacial score (nSPS) is 19.9. The molecule has 0 saturated carbocycles. The number of carbonyl (C=O) groups excluding carboxylic acids is 1. The van der Waals surface area contributed by atoms with Crippen LogP contribution < -0.4 is 0 Å². The Balaban J connectivity index is 0.000000364. The number of aliphatic carboxylic acids is 1. The van der Waals surface area contributed by atoms with E-state index in [1.807, 2.05) is 0 Å². The highest BCUT2D eigenvalue weighted by molar-refractivity contribution is 5.73. The van der Waals surface area contributed by atoms with E-state index in [0.717, 1.165) is 26.3 Å². The van der Waals surface area contributed by atoms with Crippen LogP contribution in [0.3, 0.4) is 0 Å². The van der Waals surface area contributed by atoms with Crippen LogP contribution >= 0.6 is 0 Å². The van der Waals surface area contributed by atoms with Gasteiger partial charge in [-0.3, -0.25) is 9.59 Å². The van der Waals surface area contributed by atoms with Crippen LogP contribution in [0.4, 0.5) is 0 Å². The number of carboxylic acid groups (broad SMARTS) is 1. The molecule has 82 valence electrons. The van der Waals surface area contributed by atoms with Gasteiger partial charge in [-0.05, 0) is 12.8 Å². The maximum atomic E-state index is 10.8. The summed E-state index contributed by atoms with van der Waals surface area (Å²) in [5.41, 5.74) is 0. The van der Waals surface area contributed by atoms with E-state index in [4.69, 9.17) is 15.0 Å². The average molecular weight is 203 g/mol. The Labute approximate surface area is 83.3 Å². The summed E-state index contributed by atoms with van der Waals surface area (Å²) in [5, 5.41) is 16.2. The first kappa shape index (κ1) is 12.9. The largest absolute Gasteiger partial charge is 0.481 e. The van der Waals surface area contributed by atoms with Crippen molar-refractivity contribution in [3.8, 4) is 0 Å². The maximum absolute atomic E-state index is 10.8. The molecule has 1 rings (SSSR count). The van der Waals surface area contributed by atoms with Crippen LogP contribution in [-0.4, -0.2) is 46.2 Å². The fraction of sp³-hybridized carbons (Fsp3) is 0.778. The van der Waals surface area contributed by atoms with Gasteiger partial charge in [0.05, 0.1) is 12.6 Å². The minimum atomic E-state index is -0.833. The summed E-state index contributed by atoms with van der Waals surface area (Å²) in [6, 6.07) is 0.0949. The molecule has 0 aromatic rings. The van der Waals surface area contributed by atoms with Crippen LogP contribution in [0.5, 0.6) is 0 Å². The third kappa shape index (κ3) is 4.81. The smallest absolute Gasteiger partial charge is 0.300 e. The van der Waals surface area contributed by atoms with Crippen LogP contribution in [0.1, 0.15) is 26.7 Å². The molecule has 0 unspecified atom stereocenters. The number of amides is 1. The van der Waals surface area contributed by atoms with Gasteiger partial charge in [-0.25, -0.2) is 0 Å². The summed E-state index contributed by atoms with van der Waals surface area (Å²) in [5.74, 6) is -0.753. The zero-order valence-corrected chi connectivity index (χ0v) is 8.56. The molecule has 1 heterocycles. The number of carbonyl (C=O) groups is 2. The van der Waals surface area contributed by atoms with Crippen molar-refractivity contribution in [1.82, 2.24) is 4.90 Å². The molecule has 0 radical (unpaired) electrons. The fourth-order valence-corrected chi connectivity index (χ4v) is 1.44. The minimum absolute atomic E-state index is 0.0801. The first-order valence-electron chi connectivity index (χ1n) is 4.56. The Bertz CT molecular complexity index is 201. The second-order valence-electron chi connectivity index (χ2n) is 3.21. The summed E-state index contributed by atoms with van der Waals surface area (Å²) in [4.78, 5) is 21.6. The standard InChI is InChI=1S/C7H13NO2.C2H4O2/c1-6(10)8-4-2-3-7(8)5-9;1-2(3)4/h7,9H,2-5H2,1H3;1H3,(H,3,4)/t7-;/m1./s1. The average Bonchev–Trinajstić information content (AvgIpc) is 2.49. The molecular formula is C9H17NO4. The topological polar surface area (TPSA) is 77.8 Å². The van der Waals surface area contributed by atoms with Gasteiger partial charge in [-0.2, -0.15) is 0 Å². The van der Waals surface area contributed by atoms with Crippen molar-refractivity contribution in [1.29, 1.82) is 0 Å². The van der Waals surface area contributed by atoms with Gasteiger partial charge in [-0.1, -0.05) is 0 Å². The number of aliphatic hydroxyl groups excluding tert-OH is 1. The van der Waals surface area contributed by atoms with E-state index >= 15 is 0 Å². The predicted octanol–water partition coefficient (Wildman–Crippen LogP) is 0.0805. The molecule has 14 heavy (non-hydrogen) atoms. The third-order valence-electron chi connectivity index (χ3n) is 1.99. The van der Waals surface area contributed by atoms with Crippen LogP contribution in [0.2, 0.25) is 0 Å². The Morgan fingerprint density at radius 3 is 2.21 bits per heavy atom. The lowest BCUT2D eigenvalue weighted by Gasteiger charge is -2.20. The van der Waals surface area contributed by atoms with Gasteiger partial charge in [0, 0.05) is 20.4 Å². The van der Waals surface area contributed by atoms with Crippen molar-refractivity contribution in [3.05, 3.63) is 0 Å². The van der Waals surface area contributed by atoms with E-state index in [-0.39, 0.29) is 18.6 Å². The quantitative estimate of drug-likeness (QED) is 0.632. The van der Waals surface area contributed by atoms with Crippen LogP contribution in [0, 0.1) is 0 Å². The van der Waals surface area contributed by atoms with Crippen molar-refractivity contribution in [2.24, 2.45) is 0 Å².